The molecule has 0 saturated carbocycles. The Bertz CT molecular complexity index is 533. The zero-order chi connectivity index (χ0) is 13.8. The SMILES string of the molecule is Nc1ccc(CCN2CCC(c3ccccc3)C2)cc1. The second kappa shape index (κ2) is 6.10. The molecule has 1 unspecified atom stereocenters. The summed E-state index contributed by atoms with van der Waals surface area (Å²) in [5, 5.41) is 0. The van der Waals surface area contributed by atoms with Crippen LogP contribution in [0.1, 0.15) is 23.5 Å². The molecule has 2 heteroatoms. The molecule has 1 fully saturated rings. The van der Waals surface area contributed by atoms with E-state index in [1.165, 1.54) is 30.6 Å². The van der Waals surface area contributed by atoms with Crippen LogP contribution in [0, 0.1) is 0 Å². The molecule has 0 radical (unpaired) electrons. The fourth-order valence-electron chi connectivity index (χ4n) is 3.00. The van der Waals surface area contributed by atoms with E-state index >= 15 is 0 Å². The molecule has 20 heavy (non-hydrogen) atoms. The van der Waals surface area contributed by atoms with E-state index in [2.05, 4.69) is 47.4 Å². The normalized spacial score (nSPS) is 19.3. The summed E-state index contributed by atoms with van der Waals surface area (Å²) in [5.74, 6) is 0.711. The van der Waals surface area contributed by atoms with Crippen LogP contribution in [0.15, 0.2) is 54.6 Å². The Morgan fingerprint density at radius 1 is 1.00 bits per heavy atom. The molecule has 0 spiro atoms. The lowest BCUT2D eigenvalue weighted by molar-refractivity contribution is 0.339. The predicted molar refractivity (Wildman–Crippen MR) is 84.8 cm³/mol. The van der Waals surface area contributed by atoms with Gasteiger partial charge in [-0.3, -0.25) is 0 Å². The third-order valence-corrected chi connectivity index (χ3v) is 4.24. The number of hydrogen-bond acceptors (Lipinski definition) is 2. The quantitative estimate of drug-likeness (QED) is 0.860. The van der Waals surface area contributed by atoms with Gasteiger partial charge in [0.2, 0.25) is 0 Å². The molecule has 2 nitrogen and oxygen atoms in total. The van der Waals surface area contributed by atoms with Gasteiger partial charge < -0.3 is 10.6 Å². The van der Waals surface area contributed by atoms with Crippen LogP contribution in [-0.2, 0) is 6.42 Å². The van der Waals surface area contributed by atoms with E-state index in [0.717, 1.165) is 18.7 Å². The maximum atomic E-state index is 5.72. The van der Waals surface area contributed by atoms with Crippen LogP contribution in [0.2, 0.25) is 0 Å². The molecule has 2 aromatic carbocycles. The first kappa shape index (κ1) is 13.2. The number of nitrogens with zero attached hydrogens (tertiary/aromatic N) is 1. The van der Waals surface area contributed by atoms with Gasteiger partial charge in [-0.1, -0.05) is 42.5 Å². The number of rotatable bonds is 4. The summed E-state index contributed by atoms with van der Waals surface area (Å²) in [5.41, 5.74) is 9.43. The maximum absolute atomic E-state index is 5.72. The van der Waals surface area contributed by atoms with Crippen molar-refractivity contribution >= 4 is 5.69 Å². The molecule has 104 valence electrons. The summed E-state index contributed by atoms with van der Waals surface area (Å²) in [6.45, 7) is 3.56. The molecule has 1 atom stereocenters. The van der Waals surface area contributed by atoms with Crippen LogP contribution in [0.4, 0.5) is 5.69 Å². The van der Waals surface area contributed by atoms with Crippen molar-refractivity contribution in [3.63, 3.8) is 0 Å². The van der Waals surface area contributed by atoms with Gasteiger partial charge in [0.1, 0.15) is 0 Å². The Kier molecular flexibility index (Phi) is 4.03. The third-order valence-electron chi connectivity index (χ3n) is 4.24. The first-order valence-corrected chi connectivity index (χ1v) is 7.43. The minimum Gasteiger partial charge on any atom is -0.399 e. The second-order valence-electron chi connectivity index (χ2n) is 5.69. The van der Waals surface area contributed by atoms with Crippen LogP contribution in [0.3, 0.4) is 0 Å². The van der Waals surface area contributed by atoms with Crippen molar-refractivity contribution in [1.82, 2.24) is 4.90 Å². The molecule has 0 aliphatic carbocycles. The fourth-order valence-corrected chi connectivity index (χ4v) is 3.00. The van der Waals surface area contributed by atoms with Gasteiger partial charge in [0.15, 0.2) is 0 Å². The van der Waals surface area contributed by atoms with Gasteiger partial charge in [-0.15, -0.1) is 0 Å². The molecular weight excluding hydrogens is 244 g/mol. The van der Waals surface area contributed by atoms with Crippen molar-refractivity contribution < 1.29 is 0 Å². The van der Waals surface area contributed by atoms with Crippen molar-refractivity contribution in [1.29, 1.82) is 0 Å². The highest BCUT2D eigenvalue weighted by molar-refractivity contribution is 5.39. The number of nitrogen functional groups attached to an aromatic ring is 1. The van der Waals surface area contributed by atoms with Crippen molar-refractivity contribution in [3.05, 3.63) is 65.7 Å². The van der Waals surface area contributed by atoms with Crippen LogP contribution in [0.25, 0.3) is 0 Å². The average Bonchev–Trinajstić information content (AvgIpc) is 2.97. The number of benzene rings is 2. The summed E-state index contributed by atoms with van der Waals surface area (Å²) in [7, 11) is 0. The zero-order valence-corrected chi connectivity index (χ0v) is 11.8. The first-order chi connectivity index (χ1) is 9.81. The Morgan fingerprint density at radius 3 is 2.50 bits per heavy atom. The monoisotopic (exact) mass is 266 g/mol. The van der Waals surface area contributed by atoms with Crippen molar-refractivity contribution in [2.45, 2.75) is 18.8 Å². The molecule has 3 rings (SSSR count). The van der Waals surface area contributed by atoms with Gasteiger partial charge in [-0.2, -0.15) is 0 Å². The Morgan fingerprint density at radius 2 is 1.75 bits per heavy atom. The minimum atomic E-state index is 0.711. The van der Waals surface area contributed by atoms with E-state index in [-0.39, 0.29) is 0 Å². The number of nitrogens with two attached hydrogens (primary N) is 1. The minimum absolute atomic E-state index is 0.711. The number of hydrogen-bond donors (Lipinski definition) is 1. The van der Waals surface area contributed by atoms with Crippen LogP contribution in [-0.4, -0.2) is 24.5 Å². The van der Waals surface area contributed by atoms with Gasteiger partial charge in [0, 0.05) is 18.8 Å². The molecule has 1 aliphatic rings. The summed E-state index contributed by atoms with van der Waals surface area (Å²) >= 11 is 0. The average molecular weight is 266 g/mol. The first-order valence-electron chi connectivity index (χ1n) is 7.43. The molecule has 1 heterocycles. The summed E-state index contributed by atoms with van der Waals surface area (Å²) < 4.78 is 0. The second-order valence-corrected chi connectivity index (χ2v) is 5.69. The van der Waals surface area contributed by atoms with Gasteiger partial charge in [0.05, 0.1) is 0 Å². The standard InChI is InChI=1S/C18H22N2/c19-18-8-6-15(7-9-18)10-12-20-13-11-17(14-20)16-4-2-1-3-5-16/h1-9,17H,10-14,19H2. The van der Waals surface area contributed by atoms with Gasteiger partial charge in [-0.05, 0) is 48.6 Å². The smallest absolute Gasteiger partial charge is 0.0314 e. The topological polar surface area (TPSA) is 29.3 Å². The highest BCUT2D eigenvalue weighted by atomic mass is 15.1. The molecule has 1 aliphatic heterocycles. The molecule has 2 aromatic rings. The number of anilines is 1. The molecule has 2 N–H and O–H groups in total. The van der Waals surface area contributed by atoms with Crippen LogP contribution < -0.4 is 5.73 Å². The Hall–Kier alpha value is -1.80. The maximum Gasteiger partial charge on any atom is 0.0314 e. The van der Waals surface area contributed by atoms with E-state index < -0.39 is 0 Å². The fraction of sp³-hybridized carbons (Fsp3) is 0.333. The van der Waals surface area contributed by atoms with E-state index in [9.17, 15) is 0 Å². The Labute approximate surface area is 121 Å². The summed E-state index contributed by atoms with van der Waals surface area (Å²) in [4.78, 5) is 2.58. The van der Waals surface area contributed by atoms with E-state index in [0.29, 0.717) is 5.92 Å². The van der Waals surface area contributed by atoms with Crippen LogP contribution >= 0.6 is 0 Å². The van der Waals surface area contributed by atoms with E-state index in [4.69, 9.17) is 5.73 Å². The lowest BCUT2D eigenvalue weighted by Gasteiger charge is -2.16. The van der Waals surface area contributed by atoms with E-state index in [1.54, 1.807) is 0 Å². The lowest BCUT2D eigenvalue weighted by atomic mass is 9.99. The predicted octanol–water partition coefficient (Wildman–Crippen LogP) is 3.30. The molecule has 1 saturated heterocycles. The van der Waals surface area contributed by atoms with Crippen molar-refractivity contribution in [2.24, 2.45) is 0 Å². The van der Waals surface area contributed by atoms with Gasteiger partial charge >= 0.3 is 0 Å². The highest BCUT2D eigenvalue weighted by Crippen LogP contribution is 2.26. The lowest BCUT2D eigenvalue weighted by Crippen LogP contribution is -2.23. The van der Waals surface area contributed by atoms with Crippen molar-refractivity contribution in [2.75, 3.05) is 25.4 Å². The Balaban J connectivity index is 1.52. The van der Waals surface area contributed by atoms with E-state index in [1.807, 2.05) is 12.1 Å². The zero-order valence-electron chi connectivity index (χ0n) is 11.8. The molecule has 0 aromatic heterocycles. The van der Waals surface area contributed by atoms with Gasteiger partial charge in [-0.25, -0.2) is 0 Å². The highest BCUT2D eigenvalue weighted by Gasteiger charge is 2.23. The summed E-state index contributed by atoms with van der Waals surface area (Å²) in [6.07, 6.45) is 2.40. The van der Waals surface area contributed by atoms with Crippen molar-refractivity contribution in [3.8, 4) is 0 Å². The van der Waals surface area contributed by atoms with Crippen LogP contribution in [0.5, 0.6) is 0 Å². The van der Waals surface area contributed by atoms with Gasteiger partial charge in [0.25, 0.3) is 0 Å². The largest absolute Gasteiger partial charge is 0.399 e. The number of likely N-dealkylation sites (tertiary alicyclic amines) is 1. The summed E-state index contributed by atoms with van der Waals surface area (Å²) in [6, 6.07) is 19.2. The third kappa shape index (κ3) is 3.20. The molecular formula is C18H22N2. The molecule has 0 bridgehead atoms. The molecule has 0 amide bonds.